The van der Waals surface area contributed by atoms with Crippen molar-refractivity contribution in [2.75, 3.05) is 7.05 Å². The predicted molar refractivity (Wildman–Crippen MR) is 110 cm³/mol. The van der Waals surface area contributed by atoms with Crippen LogP contribution in [0.3, 0.4) is 0 Å². The third-order valence-corrected chi connectivity index (χ3v) is 5.16. The van der Waals surface area contributed by atoms with E-state index in [1.807, 2.05) is 47.0 Å². The van der Waals surface area contributed by atoms with E-state index in [1.54, 1.807) is 19.1 Å². The lowest BCUT2D eigenvalue weighted by Crippen LogP contribution is -2.41. The molecule has 1 heterocycles. The summed E-state index contributed by atoms with van der Waals surface area (Å²) in [5, 5.41) is 13.8. The van der Waals surface area contributed by atoms with E-state index in [-0.39, 0.29) is 0 Å². The zero-order valence-electron chi connectivity index (χ0n) is 15.2. The SMILES string of the molecule is CNC(=O)NC(=O)[C@H](C)Sc1nnc(-c2ccc(Cl)cc2)n1-c1ccccc1. The lowest BCUT2D eigenvalue weighted by Gasteiger charge is -2.13. The minimum atomic E-state index is -0.554. The van der Waals surface area contributed by atoms with Crippen molar-refractivity contribution in [2.24, 2.45) is 0 Å². The number of imide groups is 1. The number of halogens is 1. The molecule has 0 aliphatic rings. The minimum Gasteiger partial charge on any atom is -0.341 e. The molecule has 3 aromatic rings. The van der Waals surface area contributed by atoms with Gasteiger partial charge in [-0.15, -0.1) is 10.2 Å². The Balaban J connectivity index is 1.96. The second kappa shape index (κ2) is 8.90. The van der Waals surface area contributed by atoms with Gasteiger partial charge in [-0.05, 0) is 43.3 Å². The summed E-state index contributed by atoms with van der Waals surface area (Å²) in [6.07, 6.45) is 0. The highest BCUT2D eigenvalue weighted by Gasteiger charge is 2.22. The molecular formula is C19H18ClN5O2S. The van der Waals surface area contributed by atoms with Crippen LogP contribution in [-0.4, -0.2) is 39.0 Å². The van der Waals surface area contributed by atoms with Gasteiger partial charge in [0.2, 0.25) is 5.91 Å². The molecule has 0 bridgehead atoms. The topological polar surface area (TPSA) is 88.9 Å². The highest BCUT2D eigenvalue weighted by molar-refractivity contribution is 8.00. The second-order valence-corrected chi connectivity index (χ2v) is 7.56. The summed E-state index contributed by atoms with van der Waals surface area (Å²) >= 11 is 7.21. The monoisotopic (exact) mass is 415 g/mol. The number of carbonyl (C=O) groups excluding carboxylic acids is 2. The Kier molecular flexibility index (Phi) is 6.33. The standard InChI is InChI=1S/C19H18ClN5O2S/c1-12(17(26)22-18(27)21-2)28-19-24-23-16(13-8-10-14(20)11-9-13)25(19)15-6-4-3-5-7-15/h3-12H,1-2H3,(H2,21,22,26,27)/t12-/m0/s1. The summed E-state index contributed by atoms with van der Waals surface area (Å²) in [7, 11) is 1.45. The number of nitrogens with zero attached hydrogens (tertiary/aromatic N) is 3. The molecule has 0 aliphatic carbocycles. The molecule has 0 fully saturated rings. The molecule has 2 aromatic carbocycles. The van der Waals surface area contributed by atoms with Gasteiger partial charge in [0.1, 0.15) is 0 Å². The fourth-order valence-electron chi connectivity index (χ4n) is 2.43. The first-order valence-electron chi connectivity index (χ1n) is 8.45. The number of amides is 3. The lowest BCUT2D eigenvalue weighted by molar-refractivity contribution is -0.119. The molecule has 0 spiro atoms. The average molecular weight is 416 g/mol. The van der Waals surface area contributed by atoms with E-state index in [0.717, 1.165) is 11.3 Å². The van der Waals surface area contributed by atoms with Gasteiger partial charge in [0.05, 0.1) is 5.25 Å². The summed E-state index contributed by atoms with van der Waals surface area (Å²) in [4.78, 5) is 23.6. The summed E-state index contributed by atoms with van der Waals surface area (Å²) in [5.74, 6) is 0.212. The van der Waals surface area contributed by atoms with Crippen LogP contribution in [0.4, 0.5) is 4.79 Å². The molecule has 3 rings (SSSR count). The van der Waals surface area contributed by atoms with Crippen LogP contribution in [0.15, 0.2) is 59.8 Å². The molecule has 7 nitrogen and oxygen atoms in total. The van der Waals surface area contributed by atoms with Crippen LogP contribution in [0.25, 0.3) is 17.1 Å². The Morgan fingerprint density at radius 3 is 2.39 bits per heavy atom. The molecule has 3 amide bonds. The van der Waals surface area contributed by atoms with Crippen molar-refractivity contribution in [2.45, 2.75) is 17.3 Å². The molecule has 1 aromatic heterocycles. The van der Waals surface area contributed by atoms with Crippen molar-refractivity contribution in [3.05, 3.63) is 59.6 Å². The van der Waals surface area contributed by atoms with Crippen LogP contribution in [0.5, 0.6) is 0 Å². The van der Waals surface area contributed by atoms with Crippen molar-refractivity contribution in [1.82, 2.24) is 25.4 Å². The van der Waals surface area contributed by atoms with Crippen molar-refractivity contribution < 1.29 is 9.59 Å². The number of hydrogen-bond acceptors (Lipinski definition) is 5. The summed E-state index contributed by atoms with van der Waals surface area (Å²) in [6.45, 7) is 1.70. The molecule has 2 N–H and O–H groups in total. The highest BCUT2D eigenvalue weighted by atomic mass is 35.5. The van der Waals surface area contributed by atoms with Crippen LogP contribution in [0.1, 0.15) is 6.92 Å². The maximum absolute atomic E-state index is 12.2. The van der Waals surface area contributed by atoms with Crippen LogP contribution in [0.2, 0.25) is 5.02 Å². The number of aromatic nitrogens is 3. The summed E-state index contributed by atoms with van der Waals surface area (Å²) in [5.41, 5.74) is 1.70. The van der Waals surface area contributed by atoms with E-state index in [0.29, 0.717) is 16.0 Å². The first-order valence-corrected chi connectivity index (χ1v) is 9.71. The second-order valence-electron chi connectivity index (χ2n) is 5.81. The van der Waals surface area contributed by atoms with Gasteiger partial charge in [-0.1, -0.05) is 41.6 Å². The van der Waals surface area contributed by atoms with Gasteiger partial charge >= 0.3 is 6.03 Å². The van der Waals surface area contributed by atoms with Crippen molar-refractivity contribution in [1.29, 1.82) is 0 Å². The Hall–Kier alpha value is -2.84. The van der Waals surface area contributed by atoms with Crippen molar-refractivity contribution >= 4 is 35.3 Å². The minimum absolute atomic E-state index is 0.417. The third kappa shape index (κ3) is 4.52. The van der Waals surface area contributed by atoms with Crippen molar-refractivity contribution in [3.63, 3.8) is 0 Å². The molecule has 1 atom stereocenters. The lowest BCUT2D eigenvalue weighted by atomic mass is 10.2. The fraction of sp³-hybridized carbons (Fsp3) is 0.158. The molecule has 0 saturated heterocycles. The quantitative estimate of drug-likeness (QED) is 0.622. The fourth-order valence-corrected chi connectivity index (χ4v) is 3.42. The number of nitrogens with one attached hydrogen (secondary N) is 2. The average Bonchev–Trinajstić information content (AvgIpc) is 3.12. The Labute approximate surface area is 171 Å². The smallest absolute Gasteiger partial charge is 0.321 e. The van der Waals surface area contributed by atoms with E-state index in [2.05, 4.69) is 20.8 Å². The van der Waals surface area contributed by atoms with Gasteiger partial charge in [0, 0.05) is 23.3 Å². The van der Waals surface area contributed by atoms with Crippen LogP contribution in [-0.2, 0) is 4.79 Å². The van der Waals surface area contributed by atoms with Gasteiger partial charge < -0.3 is 5.32 Å². The molecule has 28 heavy (non-hydrogen) atoms. The van der Waals surface area contributed by atoms with E-state index in [9.17, 15) is 9.59 Å². The molecule has 0 radical (unpaired) electrons. The van der Waals surface area contributed by atoms with Crippen LogP contribution >= 0.6 is 23.4 Å². The van der Waals surface area contributed by atoms with Crippen LogP contribution in [0, 0.1) is 0 Å². The van der Waals surface area contributed by atoms with Gasteiger partial charge in [0.15, 0.2) is 11.0 Å². The predicted octanol–water partition coefficient (Wildman–Crippen LogP) is 3.52. The van der Waals surface area contributed by atoms with E-state index >= 15 is 0 Å². The summed E-state index contributed by atoms with van der Waals surface area (Å²) in [6, 6.07) is 16.4. The van der Waals surface area contributed by atoms with Gasteiger partial charge in [-0.2, -0.15) is 0 Å². The Morgan fingerprint density at radius 1 is 1.07 bits per heavy atom. The first-order chi connectivity index (χ1) is 13.5. The number of benzene rings is 2. The number of rotatable bonds is 5. The molecule has 0 unspecified atom stereocenters. The first kappa shape index (κ1) is 19.9. The Bertz CT molecular complexity index is 976. The van der Waals surface area contributed by atoms with Crippen molar-refractivity contribution in [3.8, 4) is 17.1 Å². The number of thioether (sulfide) groups is 1. The molecular weight excluding hydrogens is 398 g/mol. The zero-order chi connectivity index (χ0) is 20.1. The molecule has 0 saturated carbocycles. The number of urea groups is 1. The normalized spacial score (nSPS) is 11.7. The van der Waals surface area contributed by atoms with Crippen LogP contribution < -0.4 is 10.6 Å². The maximum atomic E-state index is 12.2. The molecule has 0 aliphatic heterocycles. The summed E-state index contributed by atoms with van der Waals surface area (Å²) < 4.78 is 1.87. The zero-order valence-corrected chi connectivity index (χ0v) is 16.8. The van der Waals surface area contributed by atoms with Gasteiger partial charge in [-0.3, -0.25) is 14.7 Å². The molecule has 9 heteroatoms. The van der Waals surface area contributed by atoms with Gasteiger partial charge in [0.25, 0.3) is 0 Å². The largest absolute Gasteiger partial charge is 0.341 e. The van der Waals surface area contributed by atoms with E-state index in [4.69, 9.17) is 11.6 Å². The third-order valence-electron chi connectivity index (χ3n) is 3.87. The van der Waals surface area contributed by atoms with E-state index in [1.165, 1.54) is 18.8 Å². The number of hydrogen-bond donors (Lipinski definition) is 2. The Morgan fingerprint density at radius 2 is 1.75 bits per heavy atom. The molecule has 144 valence electrons. The van der Waals surface area contributed by atoms with Gasteiger partial charge in [-0.25, -0.2) is 4.79 Å². The number of carbonyl (C=O) groups is 2. The van der Waals surface area contributed by atoms with E-state index < -0.39 is 17.2 Å². The highest BCUT2D eigenvalue weighted by Crippen LogP contribution is 2.30. The maximum Gasteiger partial charge on any atom is 0.321 e. The number of para-hydroxylation sites is 1.